The summed E-state index contributed by atoms with van der Waals surface area (Å²) in [5.74, 6) is 0.385. The molecular weight excluding hydrogens is 212 g/mol. The third-order valence-corrected chi connectivity index (χ3v) is 3.70. The van der Waals surface area contributed by atoms with Crippen LogP contribution in [0.2, 0.25) is 0 Å². The molecule has 5 heteroatoms. The Labute approximate surface area is 98.8 Å². The van der Waals surface area contributed by atoms with Gasteiger partial charge in [-0.15, -0.1) is 12.4 Å². The van der Waals surface area contributed by atoms with Crippen LogP contribution in [0.5, 0.6) is 0 Å². The first kappa shape index (κ1) is 13.3. The Kier molecular flexibility index (Phi) is 3.76. The second-order valence-electron chi connectivity index (χ2n) is 5.33. The first-order valence-corrected chi connectivity index (χ1v) is 5.51. The van der Waals surface area contributed by atoms with E-state index in [1.165, 1.54) is 6.42 Å². The lowest BCUT2D eigenvalue weighted by Crippen LogP contribution is -2.41. The van der Waals surface area contributed by atoms with Crippen molar-refractivity contribution in [1.29, 1.82) is 0 Å². The van der Waals surface area contributed by atoms with Crippen LogP contribution >= 0.6 is 12.4 Å². The van der Waals surface area contributed by atoms with Gasteiger partial charge in [0.1, 0.15) is 0 Å². The zero-order valence-electron chi connectivity index (χ0n) is 10.0. The van der Waals surface area contributed by atoms with Crippen LogP contribution < -0.4 is 5.32 Å². The molecule has 1 unspecified atom stereocenters. The van der Waals surface area contributed by atoms with Gasteiger partial charge in [-0.25, -0.2) is 0 Å². The first-order chi connectivity index (χ1) is 6.42. The summed E-state index contributed by atoms with van der Waals surface area (Å²) in [6.07, 6.45) is 2.39. The predicted octanol–water partition coefficient (Wildman–Crippen LogP) is 1.79. The van der Waals surface area contributed by atoms with E-state index in [9.17, 15) is 0 Å². The van der Waals surface area contributed by atoms with Gasteiger partial charge in [-0.05, 0) is 47.1 Å². The van der Waals surface area contributed by atoms with Crippen LogP contribution in [0.1, 0.15) is 40.5 Å². The molecule has 0 bridgehead atoms. The van der Waals surface area contributed by atoms with Crippen LogP contribution in [-0.4, -0.2) is 30.8 Å². The summed E-state index contributed by atoms with van der Waals surface area (Å²) in [4.78, 5) is 0. The van der Waals surface area contributed by atoms with Crippen LogP contribution in [0.15, 0.2) is 0 Å². The van der Waals surface area contributed by atoms with Gasteiger partial charge in [0.05, 0.1) is 11.2 Å². The van der Waals surface area contributed by atoms with E-state index in [1.807, 2.05) is 0 Å². The lowest BCUT2D eigenvalue weighted by atomic mass is 9.77. The summed E-state index contributed by atoms with van der Waals surface area (Å²) in [7, 11) is -0.0671. The van der Waals surface area contributed by atoms with E-state index in [-0.39, 0.29) is 30.7 Å². The second kappa shape index (κ2) is 4.25. The standard InChI is InChI=1S/C10H20BNO2.ClH/c1-9(2)10(3,4)14-11(13-9)8-6-5-7-12-8;/h8,12H,5-7H2,1-4H3;1H. The highest BCUT2D eigenvalue weighted by atomic mass is 35.5. The molecule has 2 rings (SSSR count). The van der Waals surface area contributed by atoms with E-state index in [4.69, 9.17) is 9.31 Å². The van der Waals surface area contributed by atoms with E-state index in [0.717, 1.165) is 13.0 Å². The van der Waals surface area contributed by atoms with Crippen molar-refractivity contribution in [3.05, 3.63) is 0 Å². The maximum absolute atomic E-state index is 5.96. The molecule has 2 heterocycles. The van der Waals surface area contributed by atoms with E-state index in [2.05, 4.69) is 33.0 Å². The number of halogens is 1. The van der Waals surface area contributed by atoms with E-state index in [0.29, 0.717) is 5.94 Å². The van der Waals surface area contributed by atoms with Crippen LogP contribution in [0, 0.1) is 0 Å². The summed E-state index contributed by atoms with van der Waals surface area (Å²) in [5, 5.41) is 3.42. The summed E-state index contributed by atoms with van der Waals surface area (Å²) < 4.78 is 11.9. The first-order valence-electron chi connectivity index (χ1n) is 5.51. The van der Waals surface area contributed by atoms with Gasteiger partial charge in [0.15, 0.2) is 0 Å². The molecule has 1 atom stereocenters. The van der Waals surface area contributed by atoms with Crippen LogP contribution in [0.4, 0.5) is 0 Å². The average Bonchev–Trinajstić information content (AvgIpc) is 2.58. The fourth-order valence-corrected chi connectivity index (χ4v) is 2.00. The molecule has 0 spiro atoms. The van der Waals surface area contributed by atoms with Gasteiger partial charge in [0, 0.05) is 5.94 Å². The lowest BCUT2D eigenvalue weighted by molar-refractivity contribution is 0.00578. The Bertz CT molecular complexity index is 213. The molecule has 0 radical (unpaired) electrons. The Morgan fingerprint density at radius 2 is 1.67 bits per heavy atom. The average molecular weight is 234 g/mol. The minimum Gasteiger partial charge on any atom is -0.402 e. The molecule has 0 aliphatic carbocycles. The molecule has 0 saturated carbocycles. The van der Waals surface area contributed by atoms with Crippen molar-refractivity contribution < 1.29 is 9.31 Å². The molecule has 1 N–H and O–H groups in total. The third kappa shape index (κ3) is 2.33. The smallest absolute Gasteiger partial charge is 0.402 e. The second-order valence-corrected chi connectivity index (χ2v) is 5.33. The van der Waals surface area contributed by atoms with Crippen molar-refractivity contribution in [2.45, 2.75) is 57.7 Å². The Morgan fingerprint density at radius 3 is 2.07 bits per heavy atom. The molecule has 0 aromatic heterocycles. The van der Waals surface area contributed by atoms with Gasteiger partial charge in [0.25, 0.3) is 0 Å². The summed E-state index contributed by atoms with van der Waals surface area (Å²) >= 11 is 0. The van der Waals surface area contributed by atoms with Crippen LogP contribution in [0.25, 0.3) is 0 Å². The third-order valence-electron chi connectivity index (χ3n) is 3.70. The van der Waals surface area contributed by atoms with Crippen molar-refractivity contribution >= 4 is 19.5 Å². The van der Waals surface area contributed by atoms with Gasteiger partial charge >= 0.3 is 7.12 Å². The molecule has 0 amide bonds. The number of rotatable bonds is 1. The highest BCUT2D eigenvalue weighted by Crippen LogP contribution is 2.38. The van der Waals surface area contributed by atoms with Crippen molar-refractivity contribution in [3.63, 3.8) is 0 Å². The zero-order chi connectivity index (χ0) is 10.4. The van der Waals surface area contributed by atoms with E-state index in [1.54, 1.807) is 0 Å². The predicted molar refractivity (Wildman–Crippen MR) is 64.4 cm³/mol. The topological polar surface area (TPSA) is 30.5 Å². The van der Waals surface area contributed by atoms with Crippen molar-refractivity contribution in [3.8, 4) is 0 Å². The van der Waals surface area contributed by atoms with Crippen molar-refractivity contribution in [1.82, 2.24) is 5.32 Å². The normalized spacial score (nSPS) is 32.8. The molecule has 2 aliphatic heterocycles. The molecule has 2 saturated heterocycles. The summed E-state index contributed by atoms with van der Waals surface area (Å²) in [5.41, 5.74) is -0.385. The van der Waals surface area contributed by atoms with Gasteiger partial charge in [-0.1, -0.05) is 0 Å². The Balaban J connectivity index is 0.00000112. The molecular formula is C10H21BClNO2. The van der Waals surface area contributed by atoms with Gasteiger partial charge in [0.2, 0.25) is 0 Å². The van der Waals surface area contributed by atoms with Crippen molar-refractivity contribution in [2.75, 3.05) is 6.54 Å². The van der Waals surface area contributed by atoms with Crippen molar-refractivity contribution in [2.24, 2.45) is 0 Å². The maximum Gasteiger partial charge on any atom is 0.476 e. The van der Waals surface area contributed by atoms with E-state index >= 15 is 0 Å². The number of hydrogen-bond donors (Lipinski definition) is 1. The maximum atomic E-state index is 5.96. The fraction of sp³-hybridized carbons (Fsp3) is 1.00. The van der Waals surface area contributed by atoms with Gasteiger partial charge in [-0.2, -0.15) is 0 Å². The minimum absolute atomic E-state index is 0. The molecule has 15 heavy (non-hydrogen) atoms. The molecule has 0 aromatic carbocycles. The monoisotopic (exact) mass is 233 g/mol. The molecule has 0 aromatic rings. The quantitative estimate of drug-likeness (QED) is 0.701. The fourth-order valence-electron chi connectivity index (χ4n) is 2.00. The highest BCUT2D eigenvalue weighted by molar-refractivity contribution is 6.47. The zero-order valence-corrected chi connectivity index (χ0v) is 10.8. The minimum atomic E-state index is -0.193. The Morgan fingerprint density at radius 1 is 1.13 bits per heavy atom. The highest BCUT2D eigenvalue weighted by Gasteiger charge is 2.53. The lowest BCUT2D eigenvalue weighted by Gasteiger charge is -2.32. The van der Waals surface area contributed by atoms with E-state index < -0.39 is 0 Å². The SMILES string of the molecule is CC1(C)OB(C2CCCN2)OC1(C)C.Cl. The molecule has 88 valence electrons. The summed E-state index contributed by atoms with van der Waals surface area (Å²) in [6.45, 7) is 9.49. The number of hydrogen-bond acceptors (Lipinski definition) is 3. The number of nitrogens with one attached hydrogen (secondary N) is 1. The summed E-state index contributed by atoms with van der Waals surface area (Å²) in [6, 6.07) is 0. The molecule has 2 aliphatic rings. The van der Waals surface area contributed by atoms with Crippen LogP contribution in [0.3, 0.4) is 0 Å². The molecule has 3 nitrogen and oxygen atoms in total. The Hall–Kier alpha value is 0.235. The molecule has 2 fully saturated rings. The van der Waals surface area contributed by atoms with Crippen LogP contribution in [-0.2, 0) is 9.31 Å². The largest absolute Gasteiger partial charge is 0.476 e. The van der Waals surface area contributed by atoms with Gasteiger partial charge in [-0.3, -0.25) is 0 Å². The van der Waals surface area contributed by atoms with Gasteiger partial charge < -0.3 is 14.6 Å².